The van der Waals surface area contributed by atoms with E-state index in [1.54, 1.807) is 60.7 Å². The third-order valence-corrected chi connectivity index (χ3v) is 5.41. The number of anilines is 2. The number of nitrogens with one attached hydrogen (secondary N) is 3. The highest BCUT2D eigenvalue weighted by atomic mass is 35.5. The number of hydrogen-bond acceptors (Lipinski definition) is 3. The fraction of sp³-hybridized carbons (Fsp3) is 0.0417. The van der Waals surface area contributed by atoms with Crippen LogP contribution < -0.4 is 16.1 Å². The Morgan fingerprint density at radius 2 is 1.55 bits per heavy atom. The molecule has 3 N–H and O–H groups in total. The number of rotatable bonds is 4. The maximum absolute atomic E-state index is 13.0. The van der Waals surface area contributed by atoms with E-state index in [0.717, 1.165) is 5.56 Å². The lowest BCUT2D eigenvalue weighted by Crippen LogP contribution is -2.36. The van der Waals surface area contributed by atoms with Crippen LogP contribution in [0.25, 0.3) is 10.9 Å². The summed E-state index contributed by atoms with van der Waals surface area (Å²) in [4.78, 5) is 38.2. The summed E-state index contributed by atoms with van der Waals surface area (Å²) < 4.78 is 1.24. The average Bonchev–Trinajstić information content (AvgIpc) is 3.14. The Balaban J connectivity index is 1.63. The first-order valence-corrected chi connectivity index (χ1v) is 10.6. The Labute approximate surface area is 199 Å². The number of para-hydroxylation sites is 1. The molecular formula is C24H18Cl2N4O3. The highest BCUT2D eigenvalue weighted by Gasteiger charge is 2.21. The molecule has 0 saturated heterocycles. The van der Waals surface area contributed by atoms with Gasteiger partial charge in [0.2, 0.25) is 0 Å². The molecule has 0 aliphatic carbocycles. The van der Waals surface area contributed by atoms with Gasteiger partial charge in [0.1, 0.15) is 5.69 Å². The van der Waals surface area contributed by atoms with Crippen LogP contribution in [0.1, 0.15) is 16.1 Å². The van der Waals surface area contributed by atoms with Crippen molar-refractivity contribution in [2.75, 3.05) is 16.1 Å². The van der Waals surface area contributed by atoms with Crippen molar-refractivity contribution in [1.82, 2.24) is 4.68 Å². The van der Waals surface area contributed by atoms with Gasteiger partial charge >= 0.3 is 11.8 Å². The van der Waals surface area contributed by atoms with Gasteiger partial charge in [0.05, 0.1) is 16.2 Å². The van der Waals surface area contributed by atoms with Crippen LogP contribution in [0.2, 0.25) is 10.0 Å². The topological polar surface area (TPSA) is 92.2 Å². The van der Waals surface area contributed by atoms with Crippen molar-refractivity contribution in [3.8, 4) is 0 Å². The molecule has 3 amide bonds. The second kappa shape index (κ2) is 9.36. The van der Waals surface area contributed by atoms with Crippen LogP contribution in [0.3, 0.4) is 0 Å². The summed E-state index contributed by atoms with van der Waals surface area (Å²) in [5.41, 5.74) is 4.96. The zero-order valence-electron chi connectivity index (χ0n) is 17.4. The number of fused-ring (bicyclic) bond motifs is 1. The second-order valence-corrected chi connectivity index (χ2v) is 8.11. The summed E-state index contributed by atoms with van der Waals surface area (Å²) in [6, 6.07) is 20.2. The SMILES string of the molecule is Cc1ccc(NC(=O)C(=O)Nn2c(C(=O)Nc3ccccc3Cl)cc3cc(Cl)ccc32)cc1. The number of nitrogens with zero attached hydrogens (tertiary/aromatic N) is 1. The second-order valence-electron chi connectivity index (χ2n) is 7.26. The standard InChI is InChI=1S/C24H18Cl2N4O3/c1-14-6-9-17(10-7-14)27-23(32)24(33)29-30-20-11-8-16(25)12-15(20)13-21(30)22(31)28-19-5-3-2-4-18(19)26/h2-13H,1H3,(H,27,32)(H,28,31)(H,29,33). The van der Waals surface area contributed by atoms with Crippen LogP contribution in [0.4, 0.5) is 11.4 Å². The number of halogens is 2. The van der Waals surface area contributed by atoms with Gasteiger partial charge in [-0.05, 0) is 55.5 Å². The van der Waals surface area contributed by atoms with Crippen LogP contribution in [0.5, 0.6) is 0 Å². The predicted octanol–water partition coefficient (Wildman–Crippen LogP) is 5.22. The Kier molecular flexibility index (Phi) is 6.35. The van der Waals surface area contributed by atoms with Gasteiger partial charge in [-0.25, -0.2) is 4.68 Å². The number of aryl methyl sites for hydroxylation is 1. The average molecular weight is 481 g/mol. The minimum absolute atomic E-state index is 0.0867. The van der Waals surface area contributed by atoms with Gasteiger partial charge in [0.25, 0.3) is 5.91 Å². The third kappa shape index (κ3) is 5.00. The third-order valence-electron chi connectivity index (χ3n) is 4.85. The largest absolute Gasteiger partial charge is 0.328 e. The zero-order valence-corrected chi connectivity index (χ0v) is 18.9. The van der Waals surface area contributed by atoms with Gasteiger partial charge in [-0.3, -0.25) is 19.8 Å². The maximum Gasteiger partial charge on any atom is 0.328 e. The molecule has 0 aliphatic heterocycles. The molecule has 3 aromatic carbocycles. The molecule has 0 aliphatic rings. The van der Waals surface area contributed by atoms with E-state index >= 15 is 0 Å². The lowest BCUT2D eigenvalue weighted by Gasteiger charge is -2.13. The van der Waals surface area contributed by atoms with E-state index in [0.29, 0.717) is 32.3 Å². The number of amides is 3. The summed E-state index contributed by atoms with van der Waals surface area (Å²) >= 11 is 12.2. The van der Waals surface area contributed by atoms with Crippen molar-refractivity contribution in [3.05, 3.63) is 94.1 Å². The van der Waals surface area contributed by atoms with Gasteiger partial charge < -0.3 is 10.6 Å². The first-order chi connectivity index (χ1) is 15.8. The summed E-state index contributed by atoms with van der Waals surface area (Å²) in [5, 5.41) is 6.67. The molecule has 33 heavy (non-hydrogen) atoms. The van der Waals surface area contributed by atoms with Crippen LogP contribution in [-0.2, 0) is 9.59 Å². The molecule has 0 unspecified atom stereocenters. The maximum atomic E-state index is 13.0. The van der Waals surface area contributed by atoms with E-state index in [-0.39, 0.29) is 5.69 Å². The summed E-state index contributed by atoms with van der Waals surface area (Å²) in [5.74, 6) is -2.36. The van der Waals surface area contributed by atoms with Gasteiger partial charge in [-0.2, -0.15) is 0 Å². The first kappa shape index (κ1) is 22.4. The smallest absolute Gasteiger partial charge is 0.319 e. The monoisotopic (exact) mass is 480 g/mol. The van der Waals surface area contributed by atoms with Crippen molar-refractivity contribution < 1.29 is 14.4 Å². The molecule has 4 rings (SSSR count). The Morgan fingerprint density at radius 3 is 2.27 bits per heavy atom. The van der Waals surface area contributed by atoms with E-state index in [9.17, 15) is 14.4 Å². The first-order valence-electron chi connectivity index (χ1n) is 9.88. The van der Waals surface area contributed by atoms with Crippen molar-refractivity contribution in [3.63, 3.8) is 0 Å². The molecule has 0 spiro atoms. The zero-order chi connectivity index (χ0) is 23.5. The Bertz CT molecular complexity index is 1380. The highest BCUT2D eigenvalue weighted by Crippen LogP contribution is 2.25. The van der Waals surface area contributed by atoms with Crippen LogP contribution >= 0.6 is 23.2 Å². The van der Waals surface area contributed by atoms with Gasteiger partial charge in [0, 0.05) is 16.1 Å². The van der Waals surface area contributed by atoms with Crippen molar-refractivity contribution in [1.29, 1.82) is 0 Å². The molecule has 0 saturated carbocycles. The molecule has 9 heteroatoms. The number of aromatic nitrogens is 1. The van der Waals surface area contributed by atoms with Crippen molar-refractivity contribution in [2.24, 2.45) is 0 Å². The summed E-state index contributed by atoms with van der Waals surface area (Å²) in [6.45, 7) is 1.91. The Morgan fingerprint density at radius 1 is 0.818 bits per heavy atom. The molecule has 166 valence electrons. The molecule has 0 radical (unpaired) electrons. The van der Waals surface area contributed by atoms with E-state index in [2.05, 4.69) is 16.1 Å². The molecule has 0 bridgehead atoms. The number of hydrogen-bond donors (Lipinski definition) is 3. The Hall–Kier alpha value is -3.81. The normalized spacial score (nSPS) is 10.6. The predicted molar refractivity (Wildman–Crippen MR) is 131 cm³/mol. The minimum Gasteiger partial charge on any atom is -0.319 e. The molecule has 0 atom stereocenters. The molecule has 1 heterocycles. The number of carbonyl (C=O) groups is 3. The number of carbonyl (C=O) groups excluding carboxylic acids is 3. The van der Waals surface area contributed by atoms with Crippen LogP contribution in [0, 0.1) is 6.92 Å². The van der Waals surface area contributed by atoms with Crippen LogP contribution in [-0.4, -0.2) is 22.4 Å². The highest BCUT2D eigenvalue weighted by molar-refractivity contribution is 6.42. The van der Waals surface area contributed by atoms with Gasteiger partial charge in [-0.15, -0.1) is 0 Å². The van der Waals surface area contributed by atoms with Crippen molar-refractivity contribution in [2.45, 2.75) is 6.92 Å². The summed E-state index contributed by atoms with van der Waals surface area (Å²) in [7, 11) is 0. The van der Waals surface area contributed by atoms with E-state index in [4.69, 9.17) is 23.2 Å². The minimum atomic E-state index is -0.949. The van der Waals surface area contributed by atoms with Gasteiger partial charge in [0.15, 0.2) is 0 Å². The quantitative estimate of drug-likeness (QED) is 0.349. The molecule has 4 aromatic rings. The molecule has 7 nitrogen and oxygen atoms in total. The van der Waals surface area contributed by atoms with E-state index in [1.165, 1.54) is 4.68 Å². The molecular weight excluding hydrogens is 463 g/mol. The van der Waals surface area contributed by atoms with Crippen LogP contribution in [0.15, 0.2) is 72.8 Å². The molecule has 0 fully saturated rings. The van der Waals surface area contributed by atoms with Gasteiger partial charge in [-0.1, -0.05) is 53.0 Å². The molecule has 1 aromatic heterocycles. The summed E-state index contributed by atoms with van der Waals surface area (Å²) in [6.07, 6.45) is 0. The lowest BCUT2D eigenvalue weighted by atomic mass is 10.2. The lowest BCUT2D eigenvalue weighted by molar-refractivity contribution is -0.133. The van der Waals surface area contributed by atoms with E-state index in [1.807, 2.05) is 19.1 Å². The van der Waals surface area contributed by atoms with Crippen molar-refractivity contribution >= 4 is 63.2 Å². The fourth-order valence-electron chi connectivity index (χ4n) is 3.20. The number of benzene rings is 3. The fourth-order valence-corrected chi connectivity index (χ4v) is 3.56. The van der Waals surface area contributed by atoms with E-state index < -0.39 is 17.7 Å².